The highest BCUT2D eigenvalue weighted by atomic mass is 32.1. The fourth-order valence-corrected chi connectivity index (χ4v) is 4.36. The Kier molecular flexibility index (Phi) is 5.35. The lowest BCUT2D eigenvalue weighted by Gasteiger charge is -2.34. The highest BCUT2D eigenvalue weighted by molar-refractivity contribution is 7.13. The van der Waals surface area contributed by atoms with Crippen LogP contribution >= 0.6 is 11.3 Å². The Hall–Kier alpha value is -3.30. The zero-order valence-electron chi connectivity index (χ0n) is 17.0. The van der Waals surface area contributed by atoms with E-state index >= 15 is 0 Å². The molecule has 3 aromatic heterocycles. The Labute approximate surface area is 183 Å². The average molecular weight is 436 g/mol. The second kappa shape index (κ2) is 8.44. The highest BCUT2D eigenvalue weighted by Crippen LogP contribution is 2.25. The molecule has 0 radical (unpaired) electrons. The van der Waals surface area contributed by atoms with E-state index in [4.69, 9.17) is 8.94 Å². The summed E-state index contributed by atoms with van der Waals surface area (Å²) in [7, 11) is 0. The molecule has 31 heavy (non-hydrogen) atoms. The van der Waals surface area contributed by atoms with Crippen molar-refractivity contribution in [3.8, 4) is 22.2 Å². The molecule has 4 heterocycles. The summed E-state index contributed by atoms with van der Waals surface area (Å²) < 4.78 is 10.6. The molecular formula is C22H21N5O3S. The lowest BCUT2D eigenvalue weighted by atomic mass is 10.1. The van der Waals surface area contributed by atoms with Gasteiger partial charge in [0.05, 0.1) is 12.0 Å². The Morgan fingerprint density at radius 1 is 1.10 bits per heavy atom. The van der Waals surface area contributed by atoms with Crippen LogP contribution in [0.15, 0.2) is 57.0 Å². The van der Waals surface area contributed by atoms with Gasteiger partial charge in [0.15, 0.2) is 16.6 Å². The molecule has 0 bridgehead atoms. The quantitative estimate of drug-likeness (QED) is 0.472. The van der Waals surface area contributed by atoms with E-state index in [1.807, 2.05) is 41.3 Å². The maximum atomic E-state index is 12.9. The molecule has 9 heteroatoms. The first-order chi connectivity index (χ1) is 15.2. The van der Waals surface area contributed by atoms with Gasteiger partial charge < -0.3 is 13.8 Å². The van der Waals surface area contributed by atoms with Crippen molar-refractivity contribution in [1.82, 2.24) is 24.9 Å². The maximum Gasteiger partial charge on any atom is 0.257 e. The van der Waals surface area contributed by atoms with E-state index in [0.29, 0.717) is 30.4 Å². The number of furan rings is 1. The molecule has 1 aliphatic heterocycles. The highest BCUT2D eigenvalue weighted by Gasteiger charge is 2.23. The number of carbonyl (C=O) groups excluding carboxylic acids is 1. The molecule has 0 N–H and O–H groups in total. The summed E-state index contributed by atoms with van der Waals surface area (Å²) in [6, 6.07) is 11.1. The molecular weight excluding hydrogens is 414 g/mol. The number of carbonyl (C=O) groups is 1. The Morgan fingerprint density at radius 2 is 1.90 bits per heavy atom. The lowest BCUT2D eigenvalue weighted by molar-refractivity contribution is 0.0627. The van der Waals surface area contributed by atoms with Gasteiger partial charge in [-0.15, -0.1) is 11.3 Å². The van der Waals surface area contributed by atoms with E-state index in [1.165, 1.54) is 0 Å². The summed E-state index contributed by atoms with van der Waals surface area (Å²) >= 11 is 1.59. The van der Waals surface area contributed by atoms with Gasteiger partial charge in [-0.2, -0.15) is 4.98 Å². The van der Waals surface area contributed by atoms with Gasteiger partial charge in [0, 0.05) is 49.2 Å². The third kappa shape index (κ3) is 4.28. The van der Waals surface area contributed by atoms with Gasteiger partial charge in [0.25, 0.3) is 11.8 Å². The van der Waals surface area contributed by atoms with E-state index in [0.717, 1.165) is 41.7 Å². The van der Waals surface area contributed by atoms with Crippen LogP contribution in [0.5, 0.6) is 0 Å². The van der Waals surface area contributed by atoms with Crippen LogP contribution in [0.1, 0.15) is 21.9 Å². The normalized spacial score (nSPS) is 14.8. The standard InChI is InChI=1S/C22H21N5O3S/c1-15-23-20(30-25-15)16-4-6-17(7-5-16)22(28)27-10-8-26(9-11-27)13-18-14-31-21(24-18)19-3-2-12-29-19/h2-7,12,14H,8-11,13H2,1H3. The Bertz CT molecular complexity index is 1160. The van der Waals surface area contributed by atoms with Crippen LogP contribution in [0, 0.1) is 6.92 Å². The average Bonchev–Trinajstić information content (AvgIpc) is 3.56. The fourth-order valence-electron chi connectivity index (χ4n) is 3.58. The van der Waals surface area contributed by atoms with Crippen molar-refractivity contribution in [3.63, 3.8) is 0 Å². The minimum absolute atomic E-state index is 0.0432. The van der Waals surface area contributed by atoms with Crippen LogP contribution in [0.3, 0.4) is 0 Å². The van der Waals surface area contributed by atoms with Gasteiger partial charge in [0.1, 0.15) is 0 Å². The van der Waals surface area contributed by atoms with Crippen LogP contribution in [-0.4, -0.2) is 57.0 Å². The zero-order chi connectivity index (χ0) is 21.2. The van der Waals surface area contributed by atoms with Crippen molar-refractivity contribution >= 4 is 17.2 Å². The van der Waals surface area contributed by atoms with Gasteiger partial charge in [-0.25, -0.2) is 4.98 Å². The summed E-state index contributed by atoms with van der Waals surface area (Å²) in [5.41, 5.74) is 2.50. The molecule has 0 atom stereocenters. The van der Waals surface area contributed by atoms with Crippen molar-refractivity contribution in [2.45, 2.75) is 13.5 Å². The molecule has 5 rings (SSSR count). The SMILES string of the molecule is Cc1noc(-c2ccc(C(=O)N3CCN(Cc4csc(-c5ccco5)n4)CC3)cc2)n1. The largest absolute Gasteiger partial charge is 0.462 e. The maximum absolute atomic E-state index is 12.9. The van der Waals surface area contributed by atoms with E-state index < -0.39 is 0 Å². The van der Waals surface area contributed by atoms with Gasteiger partial charge in [0.2, 0.25) is 0 Å². The number of nitrogens with zero attached hydrogens (tertiary/aromatic N) is 5. The smallest absolute Gasteiger partial charge is 0.257 e. The predicted octanol–water partition coefficient (Wildman–Crippen LogP) is 3.72. The monoisotopic (exact) mass is 435 g/mol. The van der Waals surface area contributed by atoms with Crippen molar-refractivity contribution in [2.75, 3.05) is 26.2 Å². The number of thiazole rings is 1. The van der Waals surface area contributed by atoms with E-state index in [1.54, 1.807) is 24.5 Å². The fraction of sp³-hybridized carbons (Fsp3) is 0.273. The van der Waals surface area contributed by atoms with Gasteiger partial charge in [-0.05, 0) is 43.3 Å². The number of aryl methyl sites for hydroxylation is 1. The summed E-state index contributed by atoms with van der Waals surface area (Å²) in [6.07, 6.45) is 1.66. The molecule has 1 aromatic carbocycles. The molecule has 4 aromatic rings. The van der Waals surface area contributed by atoms with Crippen LogP contribution in [0.25, 0.3) is 22.2 Å². The first-order valence-electron chi connectivity index (χ1n) is 10.1. The first-order valence-corrected chi connectivity index (χ1v) is 10.9. The van der Waals surface area contributed by atoms with Crippen LogP contribution in [-0.2, 0) is 6.54 Å². The van der Waals surface area contributed by atoms with E-state index in [2.05, 4.69) is 25.4 Å². The second-order valence-electron chi connectivity index (χ2n) is 7.41. The molecule has 1 amide bonds. The molecule has 8 nitrogen and oxygen atoms in total. The third-order valence-electron chi connectivity index (χ3n) is 5.24. The third-order valence-corrected chi connectivity index (χ3v) is 6.14. The van der Waals surface area contributed by atoms with Crippen LogP contribution < -0.4 is 0 Å². The summed E-state index contributed by atoms with van der Waals surface area (Å²) in [6.45, 7) is 5.57. The topological polar surface area (TPSA) is 88.5 Å². The molecule has 0 saturated carbocycles. The number of aromatic nitrogens is 3. The zero-order valence-corrected chi connectivity index (χ0v) is 17.8. The molecule has 1 aliphatic rings. The van der Waals surface area contributed by atoms with Gasteiger partial charge in [-0.1, -0.05) is 5.16 Å². The second-order valence-corrected chi connectivity index (χ2v) is 8.27. The molecule has 0 aliphatic carbocycles. The Morgan fingerprint density at radius 3 is 2.58 bits per heavy atom. The van der Waals surface area contributed by atoms with Crippen molar-refractivity contribution in [3.05, 3.63) is 65.1 Å². The molecule has 0 spiro atoms. The summed E-state index contributed by atoms with van der Waals surface area (Å²) in [5.74, 6) is 1.89. The van der Waals surface area contributed by atoms with Crippen molar-refractivity contribution < 1.29 is 13.7 Å². The Balaban J connectivity index is 1.16. The van der Waals surface area contributed by atoms with Crippen molar-refractivity contribution in [2.24, 2.45) is 0 Å². The summed E-state index contributed by atoms with van der Waals surface area (Å²) in [5, 5.41) is 6.77. The van der Waals surface area contributed by atoms with Crippen molar-refractivity contribution in [1.29, 1.82) is 0 Å². The van der Waals surface area contributed by atoms with Crippen LogP contribution in [0.2, 0.25) is 0 Å². The van der Waals surface area contributed by atoms with Gasteiger partial charge >= 0.3 is 0 Å². The molecule has 1 fully saturated rings. The number of hydrogen-bond acceptors (Lipinski definition) is 8. The van der Waals surface area contributed by atoms with Crippen LogP contribution in [0.4, 0.5) is 0 Å². The number of hydrogen-bond donors (Lipinski definition) is 0. The number of benzene rings is 1. The first kappa shape index (κ1) is 19.7. The van der Waals surface area contributed by atoms with Gasteiger partial charge in [-0.3, -0.25) is 9.69 Å². The minimum atomic E-state index is 0.0432. The number of piperazine rings is 1. The van der Waals surface area contributed by atoms with E-state index in [-0.39, 0.29) is 5.91 Å². The predicted molar refractivity (Wildman–Crippen MR) is 115 cm³/mol. The molecule has 158 valence electrons. The summed E-state index contributed by atoms with van der Waals surface area (Å²) in [4.78, 5) is 26.0. The van der Waals surface area contributed by atoms with E-state index in [9.17, 15) is 4.79 Å². The molecule has 1 saturated heterocycles. The lowest BCUT2D eigenvalue weighted by Crippen LogP contribution is -2.48. The minimum Gasteiger partial charge on any atom is -0.462 e. The number of amides is 1. The molecule has 0 unspecified atom stereocenters. The number of rotatable bonds is 5.